The molecule has 2 rings (SSSR count). The number of carboxylic acids is 1. The lowest BCUT2D eigenvalue weighted by Crippen LogP contribution is -2.39. The van der Waals surface area contributed by atoms with E-state index in [0.29, 0.717) is 6.04 Å². The number of rotatable bonds is 4. The SMILES string of the molecule is CC(c1ccccc1)N1CC(CC(=O)O)CC1(C)C. The molecular formula is C16H23NO2. The van der Waals surface area contributed by atoms with Crippen LogP contribution in [0.3, 0.4) is 0 Å². The molecule has 3 nitrogen and oxygen atoms in total. The minimum atomic E-state index is -0.685. The van der Waals surface area contributed by atoms with Gasteiger partial charge in [0, 0.05) is 24.5 Å². The number of carbonyl (C=O) groups is 1. The molecule has 1 aromatic rings. The Hall–Kier alpha value is -1.35. The fourth-order valence-corrected chi connectivity index (χ4v) is 3.39. The van der Waals surface area contributed by atoms with Crippen molar-refractivity contribution in [1.82, 2.24) is 4.90 Å². The summed E-state index contributed by atoms with van der Waals surface area (Å²) in [5, 5.41) is 8.97. The van der Waals surface area contributed by atoms with Crippen molar-refractivity contribution < 1.29 is 9.90 Å². The number of nitrogens with zero attached hydrogens (tertiary/aromatic N) is 1. The molecule has 1 aromatic carbocycles. The number of benzene rings is 1. The highest BCUT2D eigenvalue weighted by atomic mass is 16.4. The normalized spacial score (nSPS) is 24.3. The molecular weight excluding hydrogens is 238 g/mol. The van der Waals surface area contributed by atoms with E-state index in [0.717, 1.165) is 13.0 Å². The molecule has 0 spiro atoms. The second-order valence-electron chi connectivity index (χ2n) is 6.22. The number of carboxylic acid groups (broad SMARTS) is 1. The minimum absolute atomic E-state index is 0.0649. The quantitative estimate of drug-likeness (QED) is 0.904. The Labute approximate surface area is 115 Å². The van der Waals surface area contributed by atoms with E-state index in [4.69, 9.17) is 5.11 Å². The zero-order valence-corrected chi connectivity index (χ0v) is 12.0. The van der Waals surface area contributed by atoms with Gasteiger partial charge in [0.1, 0.15) is 0 Å². The van der Waals surface area contributed by atoms with Crippen LogP contribution in [0.1, 0.15) is 45.2 Å². The number of hydrogen-bond acceptors (Lipinski definition) is 2. The molecule has 19 heavy (non-hydrogen) atoms. The fraction of sp³-hybridized carbons (Fsp3) is 0.562. The highest BCUT2D eigenvalue weighted by molar-refractivity contribution is 5.67. The van der Waals surface area contributed by atoms with Crippen LogP contribution in [0, 0.1) is 5.92 Å². The zero-order chi connectivity index (χ0) is 14.0. The third kappa shape index (κ3) is 3.16. The lowest BCUT2D eigenvalue weighted by atomic mass is 9.93. The van der Waals surface area contributed by atoms with Crippen molar-refractivity contribution in [3.63, 3.8) is 0 Å². The van der Waals surface area contributed by atoms with Crippen LogP contribution in [0.4, 0.5) is 0 Å². The standard InChI is InChI=1S/C16H23NO2/c1-12(14-7-5-4-6-8-14)17-11-13(9-15(18)19)10-16(17,2)3/h4-8,12-13H,9-11H2,1-3H3,(H,18,19). The van der Waals surface area contributed by atoms with Crippen molar-refractivity contribution in [3.05, 3.63) is 35.9 Å². The Morgan fingerprint density at radius 3 is 2.63 bits per heavy atom. The first kappa shape index (κ1) is 14.1. The van der Waals surface area contributed by atoms with E-state index in [2.05, 4.69) is 49.9 Å². The maximum Gasteiger partial charge on any atom is 0.303 e. The summed E-state index contributed by atoms with van der Waals surface area (Å²) in [6, 6.07) is 10.8. The van der Waals surface area contributed by atoms with Crippen molar-refractivity contribution in [3.8, 4) is 0 Å². The van der Waals surface area contributed by atoms with Crippen LogP contribution in [0.5, 0.6) is 0 Å². The summed E-state index contributed by atoms with van der Waals surface area (Å²) < 4.78 is 0. The van der Waals surface area contributed by atoms with Crippen LogP contribution < -0.4 is 0 Å². The van der Waals surface area contributed by atoms with Crippen molar-refractivity contribution in [2.24, 2.45) is 5.92 Å². The fourth-order valence-electron chi connectivity index (χ4n) is 3.39. The second-order valence-corrected chi connectivity index (χ2v) is 6.22. The molecule has 1 heterocycles. The smallest absolute Gasteiger partial charge is 0.303 e. The predicted molar refractivity (Wildman–Crippen MR) is 76.0 cm³/mol. The molecule has 1 saturated heterocycles. The van der Waals surface area contributed by atoms with E-state index in [1.807, 2.05) is 6.07 Å². The van der Waals surface area contributed by atoms with Crippen molar-refractivity contribution in [2.75, 3.05) is 6.54 Å². The van der Waals surface area contributed by atoms with Crippen LogP contribution >= 0.6 is 0 Å². The van der Waals surface area contributed by atoms with Crippen LogP contribution in [0.25, 0.3) is 0 Å². The molecule has 0 radical (unpaired) electrons. The molecule has 104 valence electrons. The summed E-state index contributed by atoms with van der Waals surface area (Å²) in [7, 11) is 0. The average Bonchev–Trinajstić information content (AvgIpc) is 2.63. The highest BCUT2D eigenvalue weighted by Crippen LogP contribution is 2.40. The maximum atomic E-state index is 10.9. The summed E-state index contributed by atoms with van der Waals surface area (Å²) in [6.45, 7) is 7.51. The molecule has 1 fully saturated rings. The molecule has 2 atom stereocenters. The van der Waals surface area contributed by atoms with Gasteiger partial charge in [-0.3, -0.25) is 9.69 Å². The molecule has 2 unspecified atom stereocenters. The molecule has 0 aromatic heterocycles. The molecule has 0 saturated carbocycles. The topological polar surface area (TPSA) is 40.5 Å². The third-order valence-corrected chi connectivity index (χ3v) is 4.23. The van der Waals surface area contributed by atoms with Crippen molar-refractivity contribution in [1.29, 1.82) is 0 Å². The van der Waals surface area contributed by atoms with Crippen molar-refractivity contribution in [2.45, 2.75) is 45.2 Å². The maximum absolute atomic E-state index is 10.9. The lowest BCUT2D eigenvalue weighted by molar-refractivity contribution is -0.138. The van der Waals surface area contributed by atoms with E-state index < -0.39 is 5.97 Å². The van der Waals surface area contributed by atoms with E-state index in [-0.39, 0.29) is 17.9 Å². The number of aliphatic carboxylic acids is 1. The van der Waals surface area contributed by atoms with Gasteiger partial charge in [0.25, 0.3) is 0 Å². The Bertz CT molecular complexity index is 441. The van der Waals surface area contributed by atoms with Gasteiger partial charge in [-0.1, -0.05) is 30.3 Å². The third-order valence-electron chi connectivity index (χ3n) is 4.23. The molecule has 0 bridgehead atoms. The van der Waals surface area contributed by atoms with Gasteiger partial charge in [0.05, 0.1) is 0 Å². The summed E-state index contributed by atoms with van der Waals surface area (Å²) in [4.78, 5) is 13.3. The van der Waals surface area contributed by atoms with Crippen LogP contribution in [-0.2, 0) is 4.79 Å². The second kappa shape index (κ2) is 5.33. The Morgan fingerprint density at radius 2 is 2.05 bits per heavy atom. The molecule has 1 aliphatic rings. The molecule has 0 aliphatic carbocycles. The van der Waals surface area contributed by atoms with Gasteiger partial charge < -0.3 is 5.11 Å². The Morgan fingerprint density at radius 1 is 1.42 bits per heavy atom. The van der Waals surface area contributed by atoms with E-state index in [9.17, 15) is 4.79 Å². The van der Waals surface area contributed by atoms with Gasteiger partial charge in [-0.25, -0.2) is 0 Å². The Kier molecular flexibility index (Phi) is 3.95. The van der Waals surface area contributed by atoms with Crippen molar-refractivity contribution >= 4 is 5.97 Å². The van der Waals surface area contributed by atoms with Gasteiger partial charge in [-0.2, -0.15) is 0 Å². The average molecular weight is 261 g/mol. The highest BCUT2D eigenvalue weighted by Gasteiger charge is 2.41. The van der Waals surface area contributed by atoms with Gasteiger partial charge in [0.2, 0.25) is 0 Å². The summed E-state index contributed by atoms with van der Waals surface area (Å²) in [5.74, 6) is -0.423. The first-order chi connectivity index (χ1) is 8.90. The largest absolute Gasteiger partial charge is 0.481 e. The number of hydrogen-bond donors (Lipinski definition) is 1. The minimum Gasteiger partial charge on any atom is -0.481 e. The zero-order valence-electron chi connectivity index (χ0n) is 12.0. The van der Waals surface area contributed by atoms with E-state index >= 15 is 0 Å². The van der Waals surface area contributed by atoms with Gasteiger partial charge >= 0.3 is 5.97 Å². The van der Waals surface area contributed by atoms with Gasteiger partial charge in [-0.05, 0) is 38.7 Å². The molecule has 1 N–H and O–H groups in total. The van der Waals surface area contributed by atoms with Gasteiger partial charge in [0.15, 0.2) is 0 Å². The summed E-state index contributed by atoms with van der Waals surface area (Å²) in [6.07, 6.45) is 1.23. The predicted octanol–water partition coefficient (Wildman–Crippen LogP) is 3.32. The van der Waals surface area contributed by atoms with Crippen LogP contribution in [-0.4, -0.2) is 28.1 Å². The van der Waals surface area contributed by atoms with Crippen LogP contribution in [0.15, 0.2) is 30.3 Å². The van der Waals surface area contributed by atoms with E-state index in [1.165, 1.54) is 5.56 Å². The lowest BCUT2D eigenvalue weighted by Gasteiger charge is -2.36. The monoisotopic (exact) mass is 261 g/mol. The number of likely N-dealkylation sites (tertiary alicyclic amines) is 1. The Balaban J connectivity index is 2.13. The molecule has 1 aliphatic heterocycles. The van der Waals surface area contributed by atoms with E-state index in [1.54, 1.807) is 0 Å². The summed E-state index contributed by atoms with van der Waals surface area (Å²) >= 11 is 0. The first-order valence-electron chi connectivity index (χ1n) is 6.93. The molecule has 3 heteroatoms. The van der Waals surface area contributed by atoms with Crippen LogP contribution in [0.2, 0.25) is 0 Å². The first-order valence-corrected chi connectivity index (χ1v) is 6.93. The van der Waals surface area contributed by atoms with Gasteiger partial charge in [-0.15, -0.1) is 0 Å². The molecule has 0 amide bonds. The summed E-state index contributed by atoms with van der Waals surface area (Å²) in [5.41, 5.74) is 1.36.